The van der Waals surface area contributed by atoms with E-state index in [-0.39, 0.29) is 11.6 Å². The molecular weight excluding hydrogens is 314 g/mol. The fourth-order valence-electron chi connectivity index (χ4n) is 2.74. The van der Waals surface area contributed by atoms with E-state index in [0.717, 1.165) is 29.7 Å². The standard InChI is InChI=1S/C16H17N3O3S/c1-9-3-4-10-12(7-9)23-15(13(10)16(21)22-2)19-14(20)11-8-17-5-6-18-11/h5-6,8-9H,3-4,7H2,1-2H3,(H,19,20)/t9-/m0/s1. The lowest BCUT2D eigenvalue weighted by Gasteiger charge is -2.18. The van der Waals surface area contributed by atoms with Gasteiger partial charge in [-0.15, -0.1) is 11.3 Å². The van der Waals surface area contributed by atoms with Gasteiger partial charge in [0.05, 0.1) is 18.9 Å². The van der Waals surface area contributed by atoms with Crippen LogP contribution >= 0.6 is 11.3 Å². The number of aromatic nitrogens is 2. The van der Waals surface area contributed by atoms with Crippen molar-refractivity contribution in [3.8, 4) is 0 Å². The minimum atomic E-state index is -0.411. The summed E-state index contributed by atoms with van der Waals surface area (Å²) in [5.74, 6) is -0.211. The van der Waals surface area contributed by atoms with Crippen LogP contribution in [0.3, 0.4) is 0 Å². The molecule has 120 valence electrons. The zero-order valence-electron chi connectivity index (χ0n) is 13.0. The first-order valence-corrected chi connectivity index (χ1v) is 8.22. The molecule has 2 aromatic heterocycles. The summed E-state index contributed by atoms with van der Waals surface area (Å²) in [6.07, 6.45) is 7.14. The van der Waals surface area contributed by atoms with Crippen molar-refractivity contribution in [3.05, 3.63) is 40.3 Å². The number of thiophene rings is 1. The first kappa shape index (κ1) is 15.6. The molecule has 0 saturated heterocycles. The predicted molar refractivity (Wildman–Crippen MR) is 86.8 cm³/mol. The van der Waals surface area contributed by atoms with Crippen molar-refractivity contribution >= 4 is 28.2 Å². The van der Waals surface area contributed by atoms with Crippen LogP contribution in [0.25, 0.3) is 0 Å². The quantitative estimate of drug-likeness (QED) is 0.875. The third-order valence-corrected chi connectivity index (χ3v) is 5.09. The highest BCUT2D eigenvalue weighted by molar-refractivity contribution is 7.17. The summed E-state index contributed by atoms with van der Waals surface area (Å²) in [4.78, 5) is 33.5. The van der Waals surface area contributed by atoms with Gasteiger partial charge in [0, 0.05) is 17.3 Å². The Kier molecular flexibility index (Phi) is 4.38. The Bertz CT molecular complexity index is 743. The van der Waals surface area contributed by atoms with E-state index in [1.807, 2.05) is 0 Å². The van der Waals surface area contributed by atoms with Gasteiger partial charge in [-0.1, -0.05) is 6.92 Å². The van der Waals surface area contributed by atoms with Crippen LogP contribution in [-0.4, -0.2) is 29.0 Å². The largest absolute Gasteiger partial charge is 0.465 e. The molecule has 1 amide bonds. The molecule has 2 aromatic rings. The number of carbonyl (C=O) groups excluding carboxylic acids is 2. The molecule has 2 heterocycles. The van der Waals surface area contributed by atoms with Gasteiger partial charge in [0.25, 0.3) is 5.91 Å². The number of carbonyl (C=O) groups is 2. The molecule has 0 spiro atoms. The highest BCUT2D eigenvalue weighted by Gasteiger charge is 2.29. The van der Waals surface area contributed by atoms with Crippen LogP contribution in [0.4, 0.5) is 5.00 Å². The fourth-order valence-corrected chi connectivity index (χ4v) is 4.13. The summed E-state index contributed by atoms with van der Waals surface area (Å²) in [5, 5.41) is 3.32. The van der Waals surface area contributed by atoms with E-state index in [1.165, 1.54) is 37.0 Å². The zero-order chi connectivity index (χ0) is 16.4. The third kappa shape index (κ3) is 3.10. The number of fused-ring (bicyclic) bond motifs is 1. The van der Waals surface area contributed by atoms with E-state index in [1.54, 1.807) is 0 Å². The van der Waals surface area contributed by atoms with E-state index >= 15 is 0 Å². The maximum atomic E-state index is 12.3. The smallest absolute Gasteiger partial charge is 0.341 e. The molecule has 1 aliphatic carbocycles. The summed E-state index contributed by atoms with van der Waals surface area (Å²) < 4.78 is 4.90. The summed E-state index contributed by atoms with van der Waals surface area (Å²) in [6.45, 7) is 2.19. The first-order valence-electron chi connectivity index (χ1n) is 7.40. The molecule has 0 saturated carbocycles. The average molecular weight is 331 g/mol. The van der Waals surface area contributed by atoms with Gasteiger partial charge in [-0.05, 0) is 30.7 Å². The predicted octanol–water partition coefficient (Wildman–Crippen LogP) is 2.70. The van der Waals surface area contributed by atoms with Gasteiger partial charge >= 0.3 is 5.97 Å². The molecule has 0 fully saturated rings. The maximum absolute atomic E-state index is 12.3. The highest BCUT2D eigenvalue weighted by atomic mass is 32.1. The Morgan fingerprint density at radius 2 is 2.22 bits per heavy atom. The van der Waals surface area contributed by atoms with Crippen molar-refractivity contribution in [2.24, 2.45) is 5.92 Å². The van der Waals surface area contributed by atoms with E-state index in [9.17, 15) is 9.59 Å². The molecule has 23 heavy (non-hydrogen) atoms. The molecule has 1 aliphatic rings. The Balaban J connectivity index is 1.95. The van der Waals surface area contributed by atoms with Crippen molar-refractivity contribution in [2.75, 3.05) is 12.4 Å². The second-order valence-corrected chi connectivity index (χ2v) is 6.70. The second-order valence-electron chi connectivity index (χ2n) is 5.59. The number of amides is 1. The van der Waals surface area contributed by atoms with Crippen LogP contribution in [0.5, 0.6) is 0 Å². The molecule has 0 aromatic carbocycles. The van der Waals surface area contributed by atoms with Crippen molar-refractivity contribution < 1.29 is 14.3 Å². The summed E-state index contributed by atoms with van der Waals surface area (Å²) in [5.41, 5.74) is 1.70. The number of nitrogens with zero attached hydrogens (tertiary/aromatic N) is 2. The van der Waals surface area contributed by atoms with E-state index < -0.39 is 5.97 Å². The number of hydrogen-bond donors (Lipinski definition) is 1. The number of nitrogens with one attached hydrogen (secondary N) is 1. The molecule has 1 N–H and O–H groups in total. The summed E-state index contributed by atoms with van der Waals surface area (Å²) in [6, 6.07) is 0. The summed E-state index contributed by atoms with van der Waals surface area (Å²) >= 11 is 1.45. The van der Waals surface area contributed by atoms with Gasteiger partial charge in [-0.2, -0.15) is 0 Å². The third-order valence-electron chi connectivity index (χ3n) is 3.92. The van der Waals surface area contributed by atoms with E-state index in [0.29, 0.717) is 16.5 Å². The normalized spacial score (nSPS) is 16.5. The second kappa shape index (κ2) is 6.45. The molecule has 7 heteroatoms. The number of esters is 1. The monoisotopic (exact) mass is 331 g/mol. The van der Waals surface area contributed by atoms with Crippen LogP contribution in [0.2, 0.25) is 0 Å². The van der Waals surface area contributed by atoms with Crippen molar-refractivity contribution in [1.82, 2.24) is 9.97 Å². The van der Waals surface area contributed by atoms with Gasteiger partial charge < -0.3 is 10.1 Å². The van der Waals surface area contributed by atoms with Gasteiger partial charge in [-0.3, -0.25) is 9.78 Å². The van der Waals surface area contributed by atoms with Crippen LogP contribution in [0, 0.1) is 5.92 Å². The lowest BCUT2D eigenvalue weighted by Crippen LogP contribution is -2.16. The Hall–Kier alpha value is -2.28. The van der Waals surface area contributed by atoms with Crippen LogP contribution in [-0.2, 0) is 17.6 Å². The van der Waals surface area contributed by atoms with Gasteiger partial charge in [-0.25, -0.2) is 9.78 Å². The van der Waals surface area contributed by atoms with Crippen molar-refractivity contribution in [2.45, 2.75) is 26.2 Å². The lowest BCUT2D eigenvalue weighted by molar-refractivity contribution is 0.0601. The number of anilines is 1. The number of hydrogen-bond acceptors (Lipinski definition) is 6. The lowest BCUT2D eigenvalue weighted by atomic mass is 9.88. The topological polar surface area (TPSA) is 81.2 Å². The van der Waals surface area contributed by atoms with Crippen molar-refractivity contribution in [3.63, 3.8) is 0 Å². The molecule has 3 rings (SSSR count). The van der Waals surface area contributed by atoms with Crippen LogP contribution in [0.15, 0.2) is 18.6 Å². The molecule has 6 nitrogen and oxygen atoms in total. The Labute approximate surface area is 137 Å². The van der Waals surface area contributed by atoms with Crippen LogP contribution < -0.4 is 5.32 Å². The van der Waals surface area contributed by atoms with Crippen LogP contribution in [0.1, 0.15) is 44.6 Å². The maximum Gasteiger partial charge on any atom is 0.341 e. The molecule has 0 bridgehead atoms. The first-order chi connectivity index (χ1) is 11.1. The Morgan fingerprint density at radius 3 is 2.91 bits per heavy atom. The van der Waals surface area contributed by atoms with E-state index in [2.05, 4.69) is 22.2 Å². The van der Waals surface area contributed by atoms with Gasteiger partial charge in [0.1, 0.15) is 10.7 Å². The Morgan fingerprint density at radius 1 is 1.39 bits per heavy atom. The SMILES string of the molecule is COC(=O)c1c(NC(=O)c2cnccn2)sc2c1CC[C@H](C)C2. The molecule has 0 aliphatic heterocycles. The van der Waals surface area contributed by atoms with Crippen molar-refractivity contribution in [1.29, 1.82) is 0 Å². The molecule has 0 radical (unpaired) electrons. The zero-order valence-corrected chi connectivity index (χ0v) is 13.8. The van der Waals surface area contributed by atoms with Gasteiger partial charge in [0.15, 0.2) is 0 Å². The minimum Gasteiger partial charge on any atom is -0.465 e. The molecular formula is C16H17N3O3S. The highest BCUT2D eigenvalue weighted by Crippen LogP contribution is 2.40. The average Bonchev–Trinajstić information content (AvgIpc) is 2.91. The molecule has 1 atom stereocenters. The number of rotatable bonds is 3. The van der Waals surface area contributed by atoms with Gasteiger partial charge in [0.2, 0.25) is 0 Å². The summed E-state index contributed by atoms with van der Waals surface area (Å²) in [7, 11) is 1.35. The number of ether oxygens (including phenoxy) is 1. The van der Waals surface area contributed by atoms with E-state index in [4.69, 9.17) is 4.74 Å². The fraction of sp³-hybridized carbons (Fsp3) is 0.375. The number of methoxy groups -OCH3 is 1. The minimum absolute atomic E-state index is 0.211. The molecule has 0 unspecified atom stereocenters.